The SMILES string of the molecule is C[C@@H]1CO[C@@]2([NH+]=C(N)[C@@]3(C#N)[C@@H](c4cccc(Oc5ccccc5)c4)[C@@]23C#N)O1. The largest absolute Gasteiger partial charge is 0.457 e. The van der Waals surface area contributed by atoms with E-state index in [0.717, 1.165) is 5.56 Å². The van der Waals surface area contributed by atoms with Gasteiger partial charge in [-0.15, -0.1) is 0 Å². The quantitative estimate of drug-likeness (QED) is 0.816. The fraction of sp³-hybridized carbons (Fsp3) is 0.318. The number of nitrogens with one attached hydrogen (secondary N) is 1. The standard InChI is InChI=1S/C22H18N4O3/c1-14-11-27-22(29-14)21(13-24)18(20(21,12-23)19(25)26-22)15-6-5-9-17(10-15)28-16-7-3-2-4-8-16/h2-10,14,18H,11H2,1H3,(H2,25,26)/p+1/t14-,18-,20-,21-,22-/m1/s1. The van der Waals surface area contributed by atoms with Crippen LogP contribution in [0.25, 0.3) is 0 Å². The van der Waals surface area contributed by atoms with Crippen LogP contribution >= 0.6 is 0 Å². The molecule has 2 aliphatic heterocycles. The summed E-state index contributed by atoms with van der Waals surface area (Å²) in [5.41, 5.74) is 4.51. The number of benzene rings is 2. The monoisotopic (exact) mass is 387 g/mol. The van der Waals surface area contributed by atoms with Crippen LogP contribution in [0, 0.1) is 33.5 Å². The zero-order valence-corrected chi connectivity index (χ0v) is 15.8. The van der Waals surface area contributed by atoms with Gasteiger partial charge in [-0.25, -0.2) is 4.99 Å². The smallest absolute Gasteiger partial charge is 0.343 e. The Balaban J connectivity index is 1.57. The highest BCUT2D eigenvalue weighted by Gasteiger charge is 2.97. The van der Waals surface area contributed by atoms with Crippen molar-refractivity contribution in [2.45, 2.75) is 24.9 Å². The molecule has 5 rings (SSSR count). The third-order valence-electron chi connectivity index (χ3n) is 6.06. The van der Waals surface area contributed by atoms with Gasteiger partial charge in [0.15, 0.2) is 10.8 Å². The van der Waals surface area contributed by atoms with Gasteiger partial charge in [0.25, 0.3) is 5.84 Å². The number of fused-ring (bicyclic) bond motifs is 2. The van der Waals surface area contributed by atoms with E-state index < -0.39 is 22.7 Å². The van der Waals surface area contributed by atoms with Crippen LogP contribution in [-0.2, 0) is 9.47 Å². The van der Waals surface area contributed by atoms with Crippen LogP contribution in [0.3, 0.4) is 0 Å². The number of ether oxygens (including phenoxy) is 3. The topological polar surface area (TPSA) is 115 Å². The minimum absolute atomic E-state index is 0.204. The molecule has 1 aliphatic carbocycles. The van der Waals surface area contributed by atoms with Gasteiger partial charge in [0.2, 0.25) is 0 Å². The highest BCUT2D eigenvalue weighted by molar-refractivity contribution is 5.95. The van der Waals surface area contributed by atoms with Crippen molar-refractivity contribution in [2.24, 2.45) is 16.6 Å². The average Bonchev–Trinajstić information content (AvgIpc) is 3.13. The van der Waals surface area contributed by atoms with Crippen LogP contribution < -0.4 is 15.5 Å². The second kappa shape index (κ2) is 5.81. The van der Waals surface area contributed by atoms with Crippen molar-refractivity contribution in [3.8, 4) is 23.6 Å². The summed E-state index contributed by atoms with van der Waals surface area (Å²) < 4.78 is 17.8. The van der Waals surface area contributed by atoms with Gasteiger partial charge in [0.1, 0.15) is 11.5 Å². The van der Waals surface area contributed by atoms with Crippen molar-refractivity contribution >= 4 is 5.84 Å². The molecule has 3 N–H and O–H groups in total. The minimum Gasteiger partial charge on any atom is -0.457 e. The highest BCUT2D eigenvalue weighted by atomic mass is 16.8. The Hall–Kier alpha value is -3.39. The number of amidine groups is 1. The molecule has 5 atom stereocenters. The van der Waals surface area contributed by atoms with Crippen LogP contribution in [0.1, 0.15) is 18.4 Å². The van der Waals surface area contributed by atoms with E-state index in [2.05, 4.69) is 17.1 Å². The summed E-state index contributed by atoms with van der Waals surface area (Å²) in [6.07, 6.45) is -0.219. The molecule has 2 aromatic carbocycles. The van der Waals surface area contributed by atoms with E-state index >= 15 is 0 Å². The molecular formula is C22H19N4O3+. The Kier molecular flexibility index (Phi) is 3.54. The summed E-state index contributed by atoms with van der Waals surface area (Å²) in [6, 6.07) is 21.4. The number of hydrogen-bond donors (Lipinski definition) is 2. The van der Waals surface area contributed by atoms with Crippen molar-refractivity contribution in [1.29, 1.82) is 10.5 Å². The van der Waals surface area contributed by atoms with Gasteiger partial charge in [0.05, 0.1) is 24.8 Å². The first kappa shape index (κ1) is 17.7. The molecule has 1 saturated heterocycles. The minimum atomic E-state index is -1.43. The van der Waals surface area contributed by atoms with Gasteiger partial charge in [0, 0.05) is 5.92 Å². The summed E-state index contributed by atoms with van der Waals surface area (Å²) in [6.45, 7) is 2.17. The van der Waals surface area contributed by atoms with E-state index in [0.29, 0.717) is 18.1 Å². The highest BCUT2D eigenvalue weighted by Crippen LogP contribution is 2.79. The zero-order valence-electron chi connectivity index (χ0n) is 15.8. The Morgan fingerprint density at radius 1 is 1.10 bits per heavy atom. The van der Waals surface area contributed by atoms with E-state index in [9.17, 15) is 10.5 Å². The molecule has 3 aliphatic rings. The van der Waals surface area contributed by atoms with Crippen LogP contribution in [-0.4, -0.2) is 24.5 Å². The molecule has 7 heteroatoms. The van der Waals surface area contributed by atoms with Gasteiger partial charge in [-0.1, -0.05) is 30.3 Å². The lowest BCUT2D eigenvalue weighted by Gasteiger charge is -2.24. The molecular weight excluding hydrogens is 368 g/mol. The number of rotatable bonds is 3. The molecule has 0 aromatic heterocycles. The Labute approximate surface area is 167 Å². The van der Waals surface area contributed by atoms with Crippen LogP contribution in [0.5, 0.6) is 11.5 Å². The first-order chi connectivity index (χ1) is 14.0. The maximum atomic E-state index is 10.2. The lowest BCUT2D eigenvalue weighted by Crippen LogP contribution is -2.90. The summed E-state index contributed by atoms with van der Waals surface area (Å²) in [5, 5.41) is 20.3. The predicted octanol–water partition coefficient (Wildman–Crippen LogP) is 1.14. The fourth-order valence-corrected chi connectivity index (χ4v) is 4.85. The molecule has 1 saturated carbocycles. The van der Waals surface area contributed by atoms with E-state index in [1.807, 2.05) is 61.5 Å². The number of nitrogens with zero attached hydrogens (tertiary/aromatic N) is 2. The number of para-hydroxylation sites is 1. The Morgan fingerprint density at radius 3 is 2.52 bits per heavy atom. The van der Waals surface area contributed by atoms with Gasteiger partial charge < -0.3 is 14.2 Å². The molecule has 1 spiro atoms. The van der Waals surface area contributed by atoms with Gasteiger partial charge in [-0.2, -0.15) is 10.5 Å². The molecule has 0 amide bonds. The molecule has 0 bridgehead atoms. The van der Waals surface area contributed by atoms with E-state index in [1.54, 1.807) is 0 Å². The average molecular weight is 387 g/mol. The normalized spacial score (nSPS) is 36.7. The zero-order chi connectivity index (χ0) is 20.3. The number of nitrogens with two attached hydrogens (primary N) is 1. The molecule has 0 radical (unpaired) electrons. The maximum absolute atomic E-state index is 10.2. The van der Waals surface area contributed by atoms with Crippen LogP contribution in [0.15, 0.2) is 54.6 Å². The molecule has 2 heterocycles. The molecule has 2 fully saturated rings. The summed E-state index contributed by atoms with van der Waals surface area (Å²) in [7, 11) is 0. The molecule has 29 heavy (non-hydrogen) atoms. The van der Waals surface area contributed by atoms with Crippen molar-refractivity contribution in [2.75, 3.05) is 6.61 Å². The van der Waals surface area contributed by atoms with Crippen molar-refractivity contribution in [1.82, 2.24) is 0 Å². The summed E-state index contributed by atoms with van der Waals surface area (Å²) >= 11 is 0. The van der Waals surface area contributed by atoms with E-state index in [-0.39, 0.29) is 11.9 Å². The van der Waals surface area contributed by atoms with Gasteiger partial charge >= 0.3 is 5.91 Å². The van der Waals surface area contributed by atoms with Crippen LogP contribution in [0.4, 0.5) is 0 Å². The third kappa shape index (κ3) is 2.04. The molecule has 0 unspecified atom stereocenters. The lowest BCUT2D eigenvalue weighted by molar-refractivity contribution is -0.677. The lowest BCUT2D eigenvalue weighted by atomic mass is 9.94. The first-order valence-electron chi connectivity index (χ1n) is 9.41. The molecule has 2 aromatic rings. The van der Waals surface area contributed by atoms with Crippen molar-refractivity contribution in [3.63, 3.8) is 0 Å². The van der Waals surface area contributed by atoms with Crippen molar-refractivity contribution in [3.05, 3.63) is 60.2 Å². The van der Waals surface area contributed by atoms with E-state index in [1.165, 1.54) is 0 Å². The number of nitriles is 2. The van der Waals surface area contributed by atoms with E-state index in [4.69, 9.17) is 19.9 Å². The Morgan fingerprint density at radius 2 is 1.86 bits per heavy atom. The molecule has 144 valence electrons. The van der Waals surface area contributed by atoms with Gasteiger partial charge in [-0.3, -0.25) is 5.73 Å². The number of hydrogen-bond acceptors (Lipinski definition) is 6. The van der Waals surface area contributed by atoms with Crippen LogP contribution in [0.2, 0.25) is 0 Å². The predicted molar refractivity (Wildman–Crippen MR) is 101 cm³/mol. The maximum Gasteiger partial charge on any atom is 0.343 e. The van der Waals surface area contributed by atoms with Gasteiger partial charge in [-0.05, 0) is 36.8 Å². The third-order valence-corrected chi connectivity index (χ3v) is 6.06. The summed E-state index contributed by atoms with van der Waals surface area (Å²) in [5.74, 6) is -0.416. The molecule has 7 nitrogen and oxygen atoms in total. The second-order valence-electron chi connectivity index (χ2n) is 7.65. The summed E-state index contributed by atoms with van der Waals surface area (Å²) in [4.78, 5) is 2.97. The first-order valence-corrected chi connectivity index (χ1v) is 9.41. The second-order valence-corrected chi connectivity index (χ2v) is 7.65. The Bertz CT molecular complexity index is 1110. The fourth-order valence-electron chi connectivity index (χ4n) is 4.85. The van der Waals surface area contributed by atoms with Crippen molar-refractivity contribution < 1.29 is 19.2 Å².